The lowest BCUT2D eigenvalue weighted by molar-refractivity contribution is -0.149. The summed E-state index contributed by atoms with van der Waals surface area (Å²) in [7, 11) is 0. The van der Waals surface area contributed by atoms with Gasteiger partial charge in [-0.2, -0.15) is 4.98 Å². The SMILES string of the molecule is CCOC(=O)c1c(C)oc2nc(COC(=O)CN3C(=O)NC4(CCC(CC)CC4)C3=O)nc(N)c12. The molecule has 2 fully saturated rings. The van der Waals surface area contributed by atoms with Crippen molar-refractivity contribution in [3.8, 4) is 0 Å². The van der Waals surface area contributed by atoms with E-state index in [4.69, 9.17) is 19.6 Å². The molecule has 1 aliphatic heterocycles. The summed E-state index contributed by atoms with van der Waals surface area (Å²) in [5.74, 6) is -0.965. The summed E-state index contributed by atoms with van der Waals surface area (Å²) < 4.78 is 15.8. The van der Waals surface area contributed by atoms with Gasteiger partial charge < -0.3 is 24.9 Å². The van der Waals surface area contributed by atoms with Gasteiger partial charge in [0.15, 0.2) is 12.4 Å². The van der Waals surface area contributed by atoms with Gasteiger partial charge in [0.1, 0.15) is 29.2 Å². The molecule has 0 atom stereocenters. The summed E-state index contributed by atoms with van der Waals surface area (Å²) in [6, 6.07) is -0.596. The van der Waals surface area contributed by atoms with Gasteiger partial charge in [-0.05, 0) is 45.4 Å². The second kappa shape index (κ2) is 9.51. The minimum absolute atomic E-state index is 0.0281. The summed E-state index contributed by atoms with van der Waals surface area (Å²) in [4.78, 5) is 59.2. The number of carbonyl (C=O) groups is 4. The summed E-state index contributed by atoms with van der Waals surface area (Å²) in [5.41, 5.74) is 5.28. The molecule has 12 nitrogen and oxygen atoms in total. The first-order chi connectivity index (χ1) is 16.7. The molecule has 1 saturated heterocycles. The van der Waals surface area contributed by atoms with Crippen molar-refractivity contribution in [1.82, 2.24) is 20.2 Å². The predicted molar refractivity (Wildman–Crippen MR) is 122 cm³/mol. The number of aryl methyl sites for hydroxylation is 1. The number of nitrogens with two attached hydrogens (primary N) is 1. The number of fused-ring (bicyclic) bond motifs is 1. The zero-order chi connectivity index (χ0) is 25.3. The molecule has 3 N–H and O–H groups in total. The molecule has 0 unspecified atom stereocenters. The van der Waals surface area contributed by atoms with E-state index in [1.807, 2.05) is 0 Å². The molecule has 1 spiro atoms. The van der Waals surface area contributed by atoms with Gasteiger partial charge >= 0.3 is 18.0 Å². The number of imide groups is 1. The van der Waals surface area contributed by atoms with E-state index < -0.39 is 36.0 Å². The van der Waals surface area contributed by atoms with E-state index >= 15 is 0 Å². The topological polar surface area (TPSA) is 167 Å². The van der Waals surface area contributed by atoms with Gasteiger partial charge in [0, 0.05) is 0 Å². The van der Waals surface area contributed by atoms with E-state index in [0.717, 1.165) is 24.2 Å². The zero-order valence-electron chi connectivity index (χ0n) is 20.0. The Labute approximate surface area is 201 Å². The number of nitrogens with zero attached hydrogens (tertiary/aromatic N) is 3. The summed E-state index contributed by atoms with van der Waals surface area (Å²) in [5, 5.41) is 3.01. The Kier molecular flexibility index (Phi) is 6.64. The molecule has 0 radical (unpaired) electrons. The maximum absolute atomic E-state index is 13.0. The molecule has 4 rings (SSSR count). The van der Waals surface area contributed by atoms with Crippen molar-refractivity contribution >= 4 is 40.8 Å². The fourth-order valence-corrected chi connectivity index (χ4v) is 4.75. The van der Waals surface area contributed by atoms with E-state index in [0.29, 0.717) is 18.8 Å². The highest BCUT2D eigenvalue weighted by atomic mass is 16.5. The van der Waals surface area contributed by atoms with Crippen molar-refractivity contribution in [2.45, 2.75) is 65.0 Å². The van der Waals surface area contributed by atoms with Crippen LogP contribution in [0.15, 0.2) is 4.42 Å². The van der Waals surface area contributed by atoms with Crippen LogP contribution in [0.5, 0.6) is 0 Å². The van der Waals surface area contributed by atoms with Crippen molar-refractivity contribution in [3.05, 3.63) is 17.1 Å². The highest BCUT2D eigenvalue weighted by molar-refractivity contribution is 6.09. The van der Waals surface area contributed by atoms with Crippen LogP contribution in [-0.2, 0) is 25.7 Å². The minimum atomic E-state index is -0.931. The predicted octanol–water partition coefficient (Wildman–Crippen LogP) is 2.22. The van der Waals surface area contributed by atoms with Crippen LogP contribution in [0.1, 0.15) is 67.9 Å². The van der Waals surface area contributed by atoms with Crippen molar-refractivity contribution < 1.29 is 33.1 Å². The van der Waals surface area contributed by atoms with Crippen LogP contribution >= 0.6 is 0 Å². The lowest BCUT2D eigenvalue weighted by Crippen LogP contribution is -2.49. The average molecular weight is 488 g/mol. The number of anilines is 1. The molecule has 2 aromatic heterocycles. The third kappa shape index (κ3) is 4.52. The number of hydrogen-bond acceptors (Lipinski definition) is 10. The third-order valence-corrected chi connectivity index (χ3v) is 6.71. The van der Waals surface area contributed by atoms with Crippen LogP contribution in [0.3, 0.4) is 0 Å². The maximum Gasteiger partial charge on any atom is 0.342 e. The molecule has 0 bridgehead atoms. The number of hydrogen-bond donors (Lipinski definition) is 2. The number of urea groups is 1. The molecule has 1 saturated carbocycles. The monoisotopic (exact) mass is 487 g/mol. The van der Waals surface area contributed by atoms with Crippen LogP contribution in [0.2, 0.25) is 0 Å². The normalized spacial score (nSPS) is 22.0. The standard InChI is InChI=1S/C23H29N5O7/c1-4-13-6-8-23(9-7-13)21(31)28(22(32)27-23)10-15(29)34-11-14-25-18(24)17-16(20(30)33-5-2)12(3)35-19(17)26-14/h13H,4-11H2,1-3H3,(H,27,32)(H2,24,25,26). The minimum Gasteiger partial charge on any atom is -0.462 e. The highest BCUT2D eigenvalue weighted by Gasteiger charge is 2.52. The quantitative estimate of drug-likeness (QED) is 0.436. The number of amides is 3. The molecular weight excluding hydrogens is 458 g/mol. The number of esters is 2. The summed E-state index contributed by atoms with van der Waals surface area (Å²) in [6.07, 6.45) is 3.86. The third-order valence-electron chi connectivity index (χ3n) is 6.71. The van der Waals surface area contributed by atoms with Crippen LogP contribution in [0.25, 0.3) is 11.1 Å². The highest BCUT2D eigenvalue weighted by Crippen LogP contribution is 2.37. The van der Waals surface area contributed by atoms with E-state index in [9.17, 15) is 19.2 Å². The molecule has 188 valence electrons. The van der Waals surface area contributed by atoms with Gasteiger partial charge in [-0.1, -0.05) is 13.3 Å². The fraction of sp³-hybridized carbons (Fsp3) is 0.565. The van der Waals surface area contributed by atoms with Gasteiger partial charge in [-0.25, -0.2) is 14.6 Å². The number of nitrogens with one attached hydrogen (secondary N) is 1. The Bertz CT molecular complexity index is 1180. The van der Waals surface area contributed by atoms with Gasteiger partial charge in [0.05, 0.1) is 12.0 Å². The zero-order valence-corrected chi connectivity index (χ0v) is 20.0. The van der Waals surface area contributed by atoms with Gasteiger partial charge in [-0.3, -0.25) is 14.5 Å². The fourth-order valence-electron chi connectivity index (χ4n) is 4.75. The molecule has 35 heavy (non-hydrogen) atoms. The summed E-state index contributed by atoms with van der Waals surface area (Å²) in [6.45, 7) is 4.66. The Morgan fingerprint density at radius 2 is 1.91 bits per heavy atom. The second-order valence-corrected chi connectivity index (χ2v) is 8.87. The first-order valence-corrected chi connectivity index (χ1v) is 11.7. The second-order valence-electron chi connectivity index (χ2n) is 8.87. The molecule has 2 aromatic rings. The van der Waals surface area contributed by atoms with E-state index in [-0.39, 0.29) is 47.3 Å². The first kappa shape index (κ1) is 24.4. The smallest absolute Gasteiger partial charge is 0.342 e. The van der Waals surface area contributed by atoms with Gasteiger partial charge in [0.25, 0.3) is 5.91 Å². The van der Waals surface area contributed by atoms with Crippen molar-refractivity contribution in [1.29, 1.82) is 0 Å². The number of nitrogen functional groups attached to an aromatic ring is 1. The molecule has 3 amide bonds. The lowest BCUT2D eigenvalue weighted by atomic mass is 9.75. The van der Waals surface area contributed by atoms with E-state index in [2.05, 4.69) is 22.2 Å². The molecule has 12 heteroatoms. The maximum atomic E-state index is 13.0. The molecular formula is C23H29N5O7. The Morgan fingerprint density at radius 3 is 2.57 bits per heavy atom. The van der Waals surface area contributed by atoms with Gasteiger partial charge in [0.2, 0.25) is 5.71 Å². The number of ether oxygens (including phenoxy) is 2. The summed E-state index contributed by atoms with van der Waals surface area (Å²) >= 11 is 0. The van der Waals surface area contributed by atoms with Gasteiger partial charge in [-0.15, -0.1) is 0 Å². The number of carbonyl (C=O) groups excluding carboxylic acids is 4. The number of aromatic nitrogens is 2. The van der Waals surface area contributed by atoms with E-state index in [1.165, 1.54) is 0 Å². The molecule has 3 heterocycles. The van der Waals surface area contributed by atoms with Crippen molar-refractivity contribution in [2.24, 2.45) is 5.92 Å². The molecule has 0 aromatic carbocycles. The Morgan fingerprint density at radius 1 is 1.20 bits per heavy atom. The number of rotatable bonds is 7. The number of furan rings is 1. The van der Waals surface area contributed by atoms with Crippen molar-refractivity contribution in [2.75, 3.05) is 18.9 Å². The Balaban J connectivity index is 1.41. The first-order valence-electron chi connectivity index (χ1n) is 11.7. The van der Waals surface area contributed by atoms with E-state index in [1.54, 1.807) is 13.8 Å². The average Bonchev–Trinajstić information content (AvgIpc) is 3.27. The Hall–Kier alpha value is -3.70. The largest absolute Gasteiger partial charge is 0.462 e. The molecule has 2 aliphatic rings. The molecule has 1 aliphatic carbocycles. The van der Waals surface area contributed by atoms with Crippen LogP contribution in [0, 0.1) is 12.8 Å². The van der Waals surface area contributed by atoms with Crippen LogP contribution in [0.4, 0.5) is 10.6 Å². The van der Waals surface area contributed by atoms with Crippen LogP contribution in [-0.4, -0.2) is 57.4 Å². The van der Waals surface area contributed by atoms with Crippen LogP contribution < -0.4 is 11.1 Å². The lowest BCUT2D eigenvalue weighted by Gasteiger charge is -2.34. The van der Waals surface area contributed by atoms with Crippen molar-refractivity contribution in [3.63, 3.8) is 0 Å².